The van der Waals surface area contributed by atoms with Crippen molar-refractivity contribution in [2.24, 2.45) is 0 Å². The molecule has 5 heteroatoms. The molecule has 1 saturated heterocycles. The number of likely N-dealkylation sites (N-methyl/N-ethyl adjacent to an activating group) is 1. The third-order valence-electron chi connectivity index (χ3n) is 4.16. The van der Waals surface area contributed by atoms with E-state index in [1.54, 1.807) is 0 Å². The topological polar surface area (TPSA) is 44.3 Å². The van der Waals surface area contributed by atoms with E-state index in [1.165, 1.54) is 0 Å². The molecule has 2 atom stereocenters. The van der Waals surface area contributed by atoms with Gasteiger partial charge >= 0.3 is 0 Å². The van der Waals surface area contributed by atoms with Crippen LogP contribution in [0.1, 0.15) is 40.2 Å². The van der Waals surface area contributed by atoms with Crippen LogP contribution >= 0.6 is 0 Å². The summed E-state index contributed by atoms with van der Waals surface area (Å²) in [5, 5.41) is 3.46. The summed E-state index contributed by atoms with van der Waals surface area (Å²) >= 11 is 0. The van der Waals surface area contributed by atoms with Crippen molar-refractivity contribution in [2.75, 3.05) is 25.0 Å². The van der Waals surface area contributed by atoms with E-state index >= 15 is 0 Å². The smallest absolute Gasteiger partial charge is 0.225 e. The Bertz CT molecular complexity index is 439. The molecule has 0 aromatic carbocycles. The van der Waals surface area contributed by atoms with Gasteiger partial charge in [-0.3, -0.25) is 4.90 Å². The molecule has 1 aliphatic heterocycles. The van der Waals surface area contributed by atoms with Crippen molar-refractivity contribution in [3.8, 4) is 0 Å². The summed E-state index contributed by atoms with van der Waals surface area (Å²) < 4.78 is 0. The summed E-state index contributed by atoms with van der Waals surface area (Å²) in [5.74, 6) is 0.848. The van der Waals surface area contributed by atoms with Crippen LogP contribution in [0.2, 0.25) is 0 Å². The molecule has 5 nitrogen and oxygen atoms in total. The van der Waals surface area contributed by atoms with E-state index in [4.69, 9.17) is 0 Å². The van der Waals surface area contributed by atoms with Gasteiger partial charge in [0.05, 0.1) is 0 Å². The van der Waals surface area contributed by atoms with Crippen molar-refractivity contribution in [3.63, 3.8) is 0 Å². The van der Waals surface area contributed by atoms with Crippen LogP contribution in [0, 0.1) is 0 Å². The number of rotatable bonds is 3. The van der Waals surface area contributed by atoms with Crippen LogP contribution in [0.15, 0.2) is 12.4 Å². The van der Waals surface area contributed by atoms with E-state index in [1.807, 2.05) is 12.4 Å². The fourth-order valence-electron chi connectivity index (χ4n) is 2.54. The van der Waals surface area contributed by atoms with E-state index in [-0.39, 0.29) is 5.54 Å². The SMILES string of the molecule is CC1CN(c2ncc(CNC(C)(C)C)cn2)CC(C)N1C. The predicted molar refractivity (Wildman–Crippen MR) is 87.5 cm³/mol. The van der Waals surface area contributed by atoms with Gasteiger partial charge in [-0.25, -0.2) is 9.97 Å². The van der Waals surface area contributed by atoms with Crippen LogP contribution in [0.25, 0.3) is 0 Å². The van der Waals surface area contributed by atoms with Gasteiger partial charge in [-0.1, -0.05) is 0 Å². The lowest BCUT2D eigenvalue weighted by atomic mass is 10.1. The van der Waals surface area contributed by atoms with Gasteiger partial charge in [0.15, 0.2) is 0 Å². The molecule has 0 spiro atoms. The molecule has 0 saturated carbocycles. The fourth-order valence-corrected chi connectivity index (χ4v) is 2.54. The van der Waals surface area contributed by atoms with Gasteiger partial charge in [-0.2, -0.15) is 0 Å². The summed E-state index contributed by atoms with van der Waals surface area (Å²) in [6.45, 7) is 13.8. The highest BCUT2D eigenvalue weighted by molar-refractivity contribution is 5.31. The lowest BCUT2D eigenvalue weighted by Gasteiger charge is -2.42. The molecule has 2 unspecified atom stereocenters. The van der Waals surface area contributed by atoms with Crippen LogP contribution in [0.5, 0.6) is 0 Å². The zero-order valence-electron chi connectivity index (χ0n) is 14.2. The van der Waals surface area contributed by atoms with Gasteiger partial charge in [0.25, 0.3) is 0 Å². The zero-order valence-corrected chi connectivity index (χ0v) is 14.2. The Hall–Kier alpha value is -1.20. The monoisotopic (exact) mass is 291 g/mol. The van der Waals surface area contributed by atoms with Crippen molar-refractivity contribution in [1.29, 1.82) is 0 Å². The minimum Gasteiger partial charge on any atom is -0.338 e. The minimum atomic E-state index is 0.112. The molecule has 0 aliphatic carbocycles. The number of nitrogens with zero attached hydrogens (tertiary/aromatic N) is 4. The van der Waals surface area contributed by atoms with E-state index < -0.39 is 0 Å². The van der Waals surface area contributed by atoms with E-state index in [0.717, 1.165) is 31.1 Å². The van der Waals surface area contributed by atoms with Gasteiger partial charge in [-0.05, 0) is 41.7 Å². The molecule has 1 aromatic rings. The maximum atomic E-state index is 4.55. The largest absolute Gasteiger partial charge is 0.338 e. The van der Waals surface area contributed by atoms with E-state index in [2.05, 4.69) is 66.8 Å². The third kappa shape index (κ3) is 4.38. The number of aromatic nitrogens is 2. The Balaban J connectivity index is 1.99. The average Bonchev–Trinajstić information content (AvgIpc) is 2.42. The number of hydrogen-bond donors (Lipinski definition) is 1. The molecule has 118 valence electrons. The van der Waals surface area contributed by atoms with Gasteiger partial charge in [0.1, 0.15) is 0 Å². The molecule has 1 aliphatic rings. The molecular weight excluding hydrogens is 262 g/mol. The lowest BCUT2D eigenvalue weighted by molar-refractivity contribution is 0.169. The number of anilines is 1. The second-order valence-electron chi connectivity index (χ2n) is 7.26. The fraction of sp³-hybridized carbons (Fsp3) is 0.750. The average molecular weight is 291 g/mol. The lowest BCUT2D eigenvalue weighted by Crippen LogP contribution is -2.55. The molecule has 2 rings (SSSR count). The Morgan fingerprint density at radius 2 is 1.67 bits per heavy atom. The van der Waals surface area contributed by atoms with Gasteiger partial charge in [0, 0.05) is 55.2 Å². The Labute approximate surface area is 128 Å². The zero-order chi connectivity index (χ0) is 15.6. The summed E-state index contributed by atoms with van der Waals surface area (Å²) in [5.41, 5.74) is 1.24. The molecule has 0 bridgehead atoms. The first-order chi connectivity index (χ1) is 9.76. The molecular formula is C16H29N5. The quantitative estimate of drug-likeness (QED) is 0.921. The number of nitrogens with one attached hydrogen (secondary N) is 1. The normalized spacial score (nSPS) is 24.4. The van der Waals surface area contributed by atoms with E-state index in [0.29, 0.717) is 12.1 Å². The summed E-state index contributed by atoms with van der Waals surface area (Å²) in [4.78, 5) is 13.8. The minimum absolute atomic E-state index is 0.112. The summed E-state index contributed by atoms with van der Waals surface area (Å²) in [7, 11) is 2.19. The Morgan fingerprint density at radius 1 is 1.14 bits per heavy atom. The van der Waals surface area contributed by atoms with Crippen molar-refractivity contribution in [3.05, 3.63) is 18.0 Å². The molecule has 0 amide bonds. The third-order valence-corrected chi connectivity index (χ3v) is 4.16. The maximum Gasteiger partial charge on any atom is 0.225 e. The van der Waals surface area contributed by atoms with Crippen LogP contribution in [0.4, 0.5) is 5.95 Å². The molecule has 0 radical (unpaired) electrons. The van der Waals surface area contributed by atoms with Crippen LogP contribution in [0.3, 0.4) is 0 Å². The first kappa shape index (κ1) is 16.2. The van der Waals surface area contributed by atoms with Gasteiger partial charge < -0.3 is 10.2 Å². The molecule has 21 heavy (non-hydrogen) atoms. The van der Waals surface area contributed by atoms with Crippen molar-refractivity contribution < 1.29 is 0 Å². The van der Waals surface area contributed by atoms with Crippen molar-refractivity contribution >= 4 is 5.95 Å². The van der Waals surface area contributed by atoms with E-state index in [9.17, 15) is 0 Å². The van der Waals surface area contributed by atoms with Gasteiger partial charge in [0.2, 0.25) is 5.95 Å². The van der Waals surface area contributed by atoms with Crippen molar-refractivity contribution in [2.45, 2.75) is 58.8 Å². The summed E-state index contributed by atoms with van der Waals surface area (Å²) in [6, 6.07) is 1.05. The highest BCUT2D eigenvalue weighted by Gasteiger charge is 2.27. The first-order valence-corrected chi connectivity index (χ1v) is 7.79. The van der Waals surface area contributed by atoms with Crippen molar-refractivity contribution in [1.82, 2.24) is 20.2 Å². The van der Waals surface area contributed by atoms with Gasteiger partial charge in [-0.15, -0.1) is 0 Å². The van der Waals surface area contributed by atoms with Crippen LogP contribution < -0.4 is 10.2 Å². The maximum absolute atomic E-state index is 4.55. The van der Waals surface area contributed by atoms with Crippen LogP contribution in [-0.2, 0) is 6.54 Å². The second kappa shape index (κ2) is 6.28. The Morgan fingerprint density at radius 3 is 2.14 bits per heavy atom. The highest BCUT2D eigenvalue weighted by Crippen LogP contribution is 2.17. The molecule has 1 N–H and O–H groups in total. The second-order valence-corrected chi connectivity index (χ2v) is 7.26. The highest BCUT2D eigenvalue weighted by atomic mass is 15.3. The Kier molecular flexibility index (Phi) is 4.84. The first-order valence-electron chi connectivity index (χ1n) is 7.79. The number of hydrogen-bond acceptors (Lipinski definition) is 5. The molecule has 1 aromatic heterocycles. The van der Waals surface area contributed by atoms with Crippen LogP contribution in [-0.4, -0.2) is 52.6 Å². The number of piperazine rings is 1. The standard InChI is InChI=1S/C16H29N5/c1-12-10-21(11-13(2)20(12)6)15-17-7-14(8-18-15)9-19-16(3,4)5/h7-8,12-13,19H,9-11H2,1-6H3. The molecule has 2 heterocycles. The summed E-state index contributed by atoms with van der Waals surface area (Å²) in [6.07, 6.45) is 3.88. The predicted octanol–water partition coefficient (Wildman–Crippen LogP) is 1.89. The molecule has 1 fully saturated rings.